The molecule has 0 atom stereocenters. The Morgan fingerprint density at radius 3 is 1.36 bits per heavy atom. The molecule has 1 aromatic heterocycles. The number of benzene rings is 2. The van der Waals surface area contributed by atoms with Crippen LogP contribution in [0.4, 0.5) is 0 Å². The fourth-order valence-electron chi connectivity index (χ4n) is 3.57. The zero-order chi connectivity index (χ0) is 18.6. The molecule has 0 radical (unpaired) electrons. The molecular weight excluding hydrogens is 302 g/mol. The van der Waals surface area contributed by atoms with Gasteiger partial charge in [-0.1, -0.05) is 53.7 Å². The number of aromatic nitrogens is 1. The van der Waals surface area contributed by atoms with Crippen LogP contribution in [0.15, 0.2) is 42.5 Å². The van der Waals surface area contributed by atoms with E-state index in [4.69, 9.17) is 0 Å². The molecule has 0 saturated heterocycles. The van der Waals surface area contributed by atoms with Crippen LogP contribution in [0.5, 0.6) is 0 Å². The van der Waals surface area contributed by atoms with Crippen LogP contribution in [0, 0.1) is 0 Å². The van der Waals surface area contributed by atoms with Gasteiger partial charge in [-0.25, -0.2) is 0 Å². The van der Waals surface area contributed by atoms with Gasteiger partial charge < -0.3 is 0 Å². The summed E-state index contributed by atoms with van der Waals surface area (Å²) in [5.74, 6) is 0. The SMILES string of the molecule is CC(C)[n+]1c2ccc(C(C)(C)C)cc2cc2cc(C(C)(C)C)ccc21. The van der Waals surface area contributed by atoms with Crippen LogP contribution in [0.25, 0.3) is 21.8 Å². The predicted octanol–water partition coefficient (Wildman–Crippen LogP) is 6.46. The van der Waals surface area contributed by atoms with Crippen LogP contribution in [0.3, 0.4) is 0 Å². The van der Waals surface area contributed by atoms with E-state index in [1.165, 1.54) is 32.9 Å². The molecule has 0 fully saturated rings. The number of rotatable bonds is 1. The minimum absolute atomic E-state index is 0.166. The van der Waals surface area contributed by atoms with Crippen molar-refractivity contribution in [1.82, 2.24) is 0 Å². The largest absolute Gasteiger partial charge is 0.213 e. The van der Waals surface area contributed by atoms with E-state index in [1.54, 1.807) is 0 Å². The van der Waals surface area contributed by atoms with Crippen LogP contribution in [-0.2, 0) is 10.8 Å². The highest BCUT2D eigenvalue weighted by atomic mass is 15.0. The molecule has 0 unspecified atom stereocenters. The molecule has 2 aromatic carbocycles. The van der Waals surface area contributed by atoms with Gasteiger partial charge >= 0.3 is 0 Å². The molecule has 0 aliphatic rings. The van der Waals surface area contributed by atoms with Gasteiger partial charge in [-0.05, 0) is 54.0 Å². The van der Waals surface area contributed by atoms with E-state index < -0.39 is 0 Å². The van der Waals surface area contributed by atoms with Gasteiger partial charge in [0.25, 0.3) is 0 Å². The normalized spacial score (nSPS) is 13.2. The van der Waals surface area contributed by atoms with Gasteiger partial charge in [0.2, 0.25) is 11.0 Å². The Kier molecular flexibility index (Phi) is 4.18. The van der Waals surface area contributed by atoms with Gasteiger partial charge in [0.15, 0.2) is 6.04 Å². The highest BCUT2D eigenvalue weighted by Crippen LogP contribution is 2.30. The third-order valence-corrected chi connectivity index (χ3v) is 5.13. The lowest BCUT2D eigenvalue weighted by Gasteiger charge is -2.21. The van der Waals surface area contributed by atoms with Crippen molar-refractivity contribution in [2.45, 2.75) is 72.3 Å². The number of pyridine rings is 1. The molecule has 0 spiro atoms. The van der Waals surface area contributed by atoms with Crippen molar-refractivity contribution in [3.63, 3.8) is 0 Å². The summed E-state index contributed by atoms with van der Waals surface area (Å²) < 4.78 is 2.48. The third kappa shape index (κ3) is 3.29. The summed E-state index contributed by atoms with van der Waals surface area (Å²) in [6.07, 6.45) is 0. The summed E-state index contributed by atoms with van der Waals surface area (Å²) >= 11 is 0. The summed E-state index contributed by atoms with van der Waals surface area (Å²) in [7, 11) is 0. The molecule has 0 amide bonds. The number of hydrogen-bond acceptors (Lipinski definition) is 0. The highest BCUT2D eigenvalue weighted by Gasteiger charge is 2.22. The Hall–Kier alpha value is -1.89. The molecule has 132 valence electrons. The maximum atomic E-state index is 2.48. The zero-order valence-corrected chi connectivity index (χ0v) is 17.1. The summed E-state index contributed by atoms with van der Waals surface area (Å²) in [4.78, 5) is 0. The van der Waals surface area contributed by atoms with E-state index in [0.717, 1.165) is 0 Å². The molecule has 1 heteroatoms. The average molecular weight is 335 g/mol. The molecule has 0 aliphatic heterocycles. The monoisotopic (exact) mass is 334 g/mol. The Bertz CT molecular complexity index is 862. The first-order valence-electron chi connectivity index (χ1n) is 9.41. The second-order valence-corrected chi connectivity index (χ2v) is 9.66. The Morgan fingerprint density at radius 1 is 0.640 bits per heavy atom. The van der Waals surface area contributed by atoms with Crippen molar-refractivity contribution in [2.24, 2.45) is 0 Å². The maximum Gasteiger partial charge on any atom is 0.213 e. The average Bonchev–Trinajstić information content (AvgIpc) is 2.49. The highest BCUT2D eigenvalue weighted by molar-refractivity contribution is 5.89. The van der Waals surface area contributed by atoms with Crippen molar-refractivity contribution in [1.29, 1.82) is 0 Å². The maximum absolute atomic E-state index is 2.48. The first-order valence-corrected chi connectivity index (χ1v) is 9.41. The van der Waals surface area contributed by atoms with E-state index in [-0.39, 0.29) is 10.8 Å². The molecule has 3 aromatic rings. The van der Waals surface area contributed by atoms with Crippen LogP contribution in [0.2, 0.25) is 0 Å². The third-order valence-electron chi connectivity index (χ3n) is 5.13. The lowest BCUT2D eigenvalue weighted by Crippen LogP contribution is -2.38. The molecule has 0 saturated carbocycles. The summed E-state index contributed by atoms with van der Waals surface area (Å²) in [6.45, 7) is 18.2. The Balaban J connectivity index is 2.39. The van der Waals surface area contributed by atoms with E-state index in [9.17, 15) is 0 Å². The molecule has 0 aliphatic carbocycles. The Labute approximate surface area is 152 Å². The first kappa shape index (κ1) is 17.9. The van der Waals surface area contributed by atoms with Crippen molar-refractivity contribution in [3.05, 3.63) is 53.6 Å². The molecular formula is C24H32N+. The summed E-state index contributed by atoms with van der Waals surface area (Å²) in [5, 5.41) is 2.67. The van der Waals surface area contributed by atoms with Gasteiger partial charge in [-0.15, -0.1) is 0 Å². The quantitative estimate of drug-likeness (QED) is 0.355. The van der Waals surface area contributed by atoms with Crippen molar-refractivity contribution < 1.29 is 4.57 Å². The van der Waals surface area contributed by atoms with Crippen LogP contribution in [-0.4, -0.2) is 0 Å². The van der Waals surface area contributed by atoms with Gasteiger partial charge in [0.05, 0.1) is 0 Å². The molecule has 1 nitrogen and oxygen atoms in total. The smallest absolute Gasteiger partial charge is 0.189 e. The molecule has 0 N–H and O–H groups in total. The lowest BCUT2D eigenvalue weighted by atomic mass is 9.85. The van der Waals surface area contributed by atoms with E-state index in [2.05, 4.69) is 102 Å². The molecule has 0 bridgehead atoms. The van der Waals surface area contributed by atoms with Crippen molar-refractivity contribution in [2.75, 3.05) is 0 Å². The number of fused-ring (bicyclic) bond motifs is 2. The fourth-order valence-corrected chi connectivity index (χ4v) is 3.57. The fraction of sp³-hybridized carbons (Fsp3) is 0.458. The van der Waals surface area contributed by atoms with Crippen LogP contribution < -0.4 is 4.57 Å². The standard InChI is InChI=1S/C24H32N/c1-16(2)25-21-11-9-19(23(3,4)5)14-17(21)13-18-15-20(24(6,7)8)10-12-22(18)25/h9-16H,1-8H3/q+1. The molecule has 3 rings (SSSR count). The first-order chi connectivity index (χ1) is 11.5. The minimum atomic E-state index is 0.166. The van der Waals surface area contributed by atoms with E-state index in [0.29, 0.717) is 6.04 Å². The number of nitrogens with zero attached hydrogens (tertiary/aromatic N) is 1. The number of hydrogen-bond donors (Lipinski definition) is 0. The van der Waals surface area contributed by atoms with Gasteiger partial charge in [0, 0.05) is 22.9 Å². The topological polar surface area (TPSA) is 3.88 Å². The van der Waals surface area contributed by atoms with E-state index >= 15 is 0 Å². The zero-order valence-electron chi connectivity index (χ0n) is 17.1. The van der Waals surface area contributed by atoms with Gasteiger partial charge in [-0.2, -0.15) is 4.57 Å². The Morgan fingerprint density at radius 2 is 1.04 bits per heavy atom. The second kappa shape index (κ2) is 5.83. The van der Waals surface area contributed by atoms with E-state index in [1.807, 2.05) is 0 Å². The van der Waals surface area contributed by atoms with Gasteiger partial charge in [0.1, 0.15) is 0 Å². The lowest BCUT2D eigenvalue weighted by molar-refractivity contribution is -0.666. The minimum Gasteiger partial charge on any atom is -0.189 e. The van der Waals surface area contributed by atoms with Crippen molar-refractivity contribution >= 4 is 21.8 Å². The van der Waals surface area contributed by atoms with Crippen LogP contribution >= 0.6 is 0 Å². The second-order valence-electron chi connectivity index (χ2n) is 9.66. The molecule has 25 heavy (non-hydrogen) atoms. The van der Waals surface area contributed by atoms with Gasteiger partial charge in [-0.3, -0.25) is 0 Å². The molecule has 1 heterocycles. The predicted molar refractivity (Wildman–Crippen MR) is 109 cm³/mol. The van der Waals surface area contributed by atoms with Crippen molar-refractivity contribution in [3.8, 4) is 0 Å². The summed E-state index contributed by atoms with van der Waals surface area (Å²) in [5.41, 5.74) is 5.75. The van der Waals surface area contributed by atoms with Crippen LogP contribution in [0.1, 0.15) is 72.6 Å². The summed E-state index contributed by atoms with van der Waals surface area (Å²) in [6, 6.07) is 16.7.